The van der Waals surface area contributed by atoms with Crippen molar-refractivity contribution in [2.75, 3.05) is 7.05 Å². The Bertz CT molecular complexity index is 987. The molecule has 0 fully saturated rings. The molecule has 8 heteroatoms. The number of hydrogen-bond donors (Lipinski definition) is 1. The summed E-state index contributed by atoms with van der Waals surface area (Å²) < 4.78 is 38.2. The van der Waals surface area contributed by atoms with Crippen molar-refractivity contribution in [2.45, 2.75) is 18.8 Å². The molecule has 1 N–H and O–H groups in total. The van der Waals surface area contributed by atoms with E-state index in [4.69, 9.17) is 0 Å². The Kier molecular flexibility index (Phi) is 6.56. The standard InChI is InChI=1S/C22H19F3N2O2S/c1-27(14-15-9-11-17(12-10-15)22(23,24)25)21(29)19(16-6-3-2-4-7-16)26-20(28)18-8-5-13-30-18/h2-13,19H,14H2,1H3,(H,26,28). The molecule has 0 aliphatic rings. The number of nitrogens with one attached hydrogen (secondary N) is 1. The van der Waals surface area contributed by atoms with Gasteiger partial charge >= 0.3 is 6.18 Å². The lowest BCUT2D eigenvalue weighted by Crippen LogP contribution is -2.40. The summed E-state index contributed by atoms with van der Waals surface area (Å²) in [6.45, 7) is 0.106. The molecular weight excluding hydrogens is 413 g/mol. The second-order valence-corrected chi connectivity index (χ2v) is 7.63. The van der Waals surface area contributed by atoms with Crippen LogP contribution in [-0.2, 0) is 17.5 Å². The topological polar surface area (TPSA) is 49.4 Å². The first-order valence-corrected chi connectivity index (χ1v) is 9.94. The first kappa shape index (κ1) is 21.6. The lowest BCUT2D eigenvalue weighted by atomic mass is 10.0. The second kappa shape index (κ2) is 9.13. The van der Waals surface area contributed by atoms with E-state index in [1.165, 1.54) is 28.4 Å². The summed E-state index contributed by atoms with van der Waals surface area (Å²) in [6.07, 6.45) is -4.41. The van der Waals surface area contributed by atoms with E-state index in [9.17, 15) is 22.8 Å². The fraction of sp³-hybridized carbons (Fsp3) is 0.182. The molecular formula is C22H19F3N2O2S. The highest BCUT2D eigenvalue weighted by molar-refractivity contribution is 7.12. The zero-order chi connectivity index (χ0) is 21.7. The summed E-state index contributed by atoms with van der Waals surface area (Å²) in [5, 5.41) is 4.53. The third-order valence-corrected chi connectivity index (χ3v) is 5.35. The van der Waals surface area contributed by atoms with Crippen molar-refractivity contribution >= 4 is 23.2 Å². The molecule has 2 aromatic carbocycles. The van der Waals surface area contributed by atoms with Crippen LogP contribution < -0.4 is 5.32 Å². The Hall–Kier alpha value is -3.13. The van der Waals surface area contributed by atoms with Crippen LogP contribution in [0, 0.1) is 0 Å². The largest absolute Gasteiger partial charge is 0.416 e. The van der Waals surface area contributed by atoms with Gasteiger partial charge in [-0.15, -0.1) is 11.3 Å². The molecule has 1 atom stereocenters. The van der Waals surface area contributed by atoms with Gasteiger partial charge in [-0.1, -0.05) is 48.5 Å². The van der Waals surface area contributed by atoms with Crippen LogP contribution in [0.25, 0.3) is 0 Å². The number of nitrogens with zero attached hydrogens (tertiary/aromatic N) is 1. The van der Waals surface area contributed by atoms with Crippen molar-refractivity contribution in [3.63, 3.8) is 0 Å². The number of benzene rings is 2. The van der Waals surface area contributed by atoms with E-state index in [1.807, 2.05) is 0 Å². The maximum atomic E-state index is 13.1. The fourth-order valence-electron chi connectivity index (χ4n) is 2.91. The van der Waals surface area contributed by atoms with E-state index in [1.54, 1.807) is 54.9 Å². The van der Waals surface area contributed by atoms with Gasteiger partial charge < -0.3 is 10.2 Å². The number of carbonyl (C=O) groups excluding carboxylic acids is 2. The van der Waals surface area contributed by atoms with Gasteiger partial charge in [-0.2, -0.15) is 13.2 Å². The van der Waals surface area contributed by atoms with Crippen molar-refractivity contribution < 1.29 is 22.8 Å². The predicted octanol–water partition coefficient (Wildman–Crippen LogP) is 4.90. The Labute approximate surface area is 176 Å². The van der Waals surface area contributed by atoms with Gasteiger partial charge in [0, 0.05) is 13.6 Å². The zero-order valence-electron chi connectivity index (χ0n) is 16.0. The molecule has 4 nitrogen and oxygen atoms in total. The maximum Gasteiger partial charge on any atom is 0.416 e. The number of carbonyl (C=O) groups is 2. The minimum atomic E-state index is -4.41. The van der Waals surface area contributed by atoms with Crippen LogP contribution >= 0.6 is 11.3 Å². The molecule has 0 aliphatic carbocycles. The molecule has 0 aliphatic heterocycles. The first-order chi connectivity index (χ1) is 14.3. The quantitative estimate of drug-likeness (QED) is 0.603. The third-order valence-electron chi connectivity index (χ3n) is 4.48. The van der Waals surface area contributed by atoms with Gasteiger partial charge in [0.2, 0.25) is 5.91 Å². The lowest BCUT2D eigenvalue weighted by molar-refractivity contribution is -0.137. The smallest absolute Gasteiger partial charge is 0.339 e. The Balaban J connectivity index is 1.77. The van der Waals surface area contributed by atoms with Crippen LogP contribution in [0.3, 0.4) is 0 Å². The van der Waals surface area contributed by atoms with E-state index >= 15 is 0 Å². The first-order valence-electron chi connectivity index (χ1n) is 9.06. The van der Waals surface area contributed by atoms with E-state index in [0.717, 1.165) is 12.1 Å². The number of likely N-dealkylation sites (N-methyl/N-ethyl adjacent to an activating group) is 1. The van der Waals surface area contributed by atoms with Gasteiger partial charge in [0.1, 0.15) is 6.04 Å². The highest BCUT2D eigenvalue weighted by atomic mass is 32.1. The normalized spacial score (nSPS) is 12.3. The fourth-order valence-corrected chi connectivity index (χ4v) is 3.54. The van der Waals surface area contributed by atoms with Crippen LogP contribution in [0.15, 0.2) is 72.1 Å². The van der Waals surface area contributed by atoms with E-state index in [2.05, 4.69) is 5.32 Å². The number of rotatable bonds is 6. The predicted molar refractivity (Wildman–Crippen MR) is 109 cm³/mol. The second-order valence-electron chi connectivity index (χ2n) is 6.68. The summed E-state index contributed by atoms with van der Waals surface area (Å²) in [5.74, 6) is -0.735. The molecule has 0 radical (unpaired) electrons. The SMILES string of the molecule is CN(Cc1ccc(C(F)(F)F)cc1)C(=O)C(NC(=O)c1cccs1)c1ccccc1. The van der Waals surface area contributed by atoms with Crippen LogP contribution in [-0.4, -0.2) is 23.8 Å². The van der Waals surface area contributed by atoms with Gasteiger partial charge in [-0.25, -0.2) is 0 Å². The number of halogens is 3. The van der Waals surface area contributed by atoms with Crippen molar-refractivity contribution in [3.8, 4) is 0 Å². The average Bonchev–Trinajstić information content (AvgIpc) is 3.27. The minimum Gasteiger partial charge on any atom is -0.339 e. The van der Waals surface area contributed by atoms with Gasteiger partial charge in [0.25, 0.3) is 5.91 Å². The number of amides is 2. The molecule has 30 heavy (non-hydrogen) atoms. The lowest BCUT2D eigenvalue weighted by Gasteiger charge is -2.25. The van der Waals surface area contributed by atoms with Crippen LogP contribution in [0.1, 0.15) is 32.4 Å². The van der Waals surface area contributed by atoms with Crippen LogP contribution in [0.2, 0.25) is 0 Å². The van der Waals surface area contributed by atoms with Crippen LogP contribution in [0.5, 0.6) is 0 Å². The Morgan fingerprint density at radius 2 is 1.67 bits per heavy atom. The summed E-state index contributed by atoms with van der Waals surface area (Å²) >= 11 is 1.27. The molecule has 1 aromatic heterocycles. The highest BCUT2D eigenvalue weighted by Crippen LogP contribution is 2.29. The molecule has 1 heterocycles. The molecule has 0 bridgehead atoms. The third kappa shape index (κ3) is 5.27. The van der Waals surface area contributed by atoms with E-state index < -0.39 is 17.8 Å². The van der Waals surface area contributed by atoms with E-state index in [-0.39, 0.29) is 18.4 Å². The highest BCUT2D eigenvalue weighted by Gasteiger charge is 2.30. The Morgan fingerprint density at radius 1 is 1.00 bits per heavy atom. The summed E-state index contributed by atoms with van der Waals surface area (Å²) in [6, 6.07) is 16.0. The molecule has 156 valence electrons. The number of hydrogen-bond acceptors (Lipinski definition) is 3. The molecule has 2 amide bonds. The Morgan fingerprint density at radius 3 is 2.23 bits per heavy atom. The van der Waals surface area contributed by atoms with Crippen molar-refractivity contribution in [2.24, 2.45) is 0 Å². The molecule has 0 spiro atoms. The monoisotopic (exact) mass is 432 g/mol. The molecule has 3 aromatic rings. The summed E-state index contributed by atoms with van der Waals surface area (Å²) in [7, 11) is 1.55. The number of thiophene rings is 1. The minimum absolute atomic E-state index is 0.106. The molecule has 3 rings (SSSR count). The van der Waals surface area contributed by atoms with Crippen molar-refractivity contribution in [1.82, 2.24) is 10.2 Å². The van der Waals surface area contributed by atoms with Crippen molar-refractivity contribution in [3.05, 3.63) is 93.7 Å². The van der Waals surface area contributed by atoms with Gasteiger partial charge in [-0.3, -0.25) is 9.59 Å². The number of alkyl halides is 3. The van der Waals surface area contributed by atoms with Gasteiger partial charge in [0.05, 0.1) is 10.4 Å². The van der Waals surface area contributed by atoms with Crippen LogP contribution in [0.4, 0.5) is 13.2 Å². The van der Waals surface area contributed by atoms with Gasteiger partial charge in [0.15, 0.2) is 0 Å². The summed E-state index contributed by atoms with van der Waals surface area (Å²) in [5.41, 5.74) is 0.424. The maximum absolute atomic E-state index is 13.1. The van der Waals surface area contributed by atoms with Gasteiger partial charge in [-0.05, 0) is 34.7 Å². The molecule has 0 saturated carbocycles. The molecule has 1 unspecified atom stereocenters. The zero-order valence-corrected chi connectivity index (χ0v) is 16.8. The van der Waals surface area contributed by atoms with Crippen molar-refractivity contribution in [1.29, 1.82) is 0 Å². The molecule has 0 saturated heterocycles. The summed E-state index contributed by atoms with van der Waals surface area (Å²) in [4.78, 5) is 27.5. The van der Waals surface area contributed by atoms with E-state index in [0.29, 0.717) is 16.0 Å². The average molecular weight is 432 g/mol.